The number of hydrogen-bond acceptors (Lipinski definition) is 3. The largest absolute Gasteiger partial charge is 0.393 e. The third-order valence-corrected chi connectivity index (χ3v) is 5.69. The highest BCUT2D eigenvalue weighted by atomic mass is 79.9. The molecule has 108 valence electrons. The molecule has 1 aromatic rings. The lowest BCUT2D eigenvalue weighted by atomic mass is 9.81. The summed E-state index contributed by atoms with van der Waals surface area (Å²) in [6.45, 7) is 0. The van der Waals surface area contributed by atoms with Crippen LogP contribution in [-0.2, 0) is 0 Å². The van der Waals surface area contributed by atoms with Crippen molar-refractivity contribution in [1.82, 2.24) is 0 Å². The molecule has 1 aromatic heterocycles. The molecule has 19 heavy (non-hydrogen) atoms. The minimum Gasteiger partial charge on any atom is -0.393 e. The van der Waals surface area contributed by atoms with Gasteiger partial charge < -0.3 is 10.2 Å². The first kappa shape index (κ1) is 15.4. The van der Waals surface area contributed by atoms with Gasteiger partial charge in [0, 0.05) is 28.6 Å². The van der Waals surface area contributed by atoms with E-state index in [1.165, 1.54) is 11.3 Å². The summed E-state index contributed by atoms with van der Waals surface area (Å²) in [5, 5.41) is 22.0. The third-order valence-electron chi connectivity index (χ3n) is 3.72. The maximum Gasteiger partial charge on any atom is 0.248 e. The predicted octanol–water partition coefficient (Wildman–Crippen LogP) is 4.12. The zero-order valence-electron chi connectivity index (χ0n) is 10.4. The molecular formula is C13H17BrF2O2S. The van der Waals surface area contributed by atoms with Crippen LogP contribution in [0.4, 0.5) is 8.78 Å². The van der Waals surface area contributed by atoms with E-state index in [1.807, 2.05) is 11.4 Å². The highest BCUT2D eigenvalue weighted by Gasteiger charge is 2.37. The lowest BCUT2D eigenvalue weighted by Gasteiger charge is -2.32. The average Bonchev–Trinajstić information content (AvgIpc) is 2.75. The van der Waals surface area contributed by atoms with Crippen molar-refractivity contribution in [2.24, 2.45) is 5.92 Å². The van der Waals surface area contributed by atoms with Gasteiger partial charge in [-0.15, -0.1) is 11.3 Å². The van der Waals surface area contributed by atoms with Gasteiger partial charge in [0.05, 0.1) is 12.2 Å². The quantitative estimate of drug-likeness (QED) is 0.853. The number of hydrogen-bond donors (Lipinski definition) is 2. The molecule has 0 spiro atoms. The van der Waals surface area contributed by atoms with Gasteiger partial charge in [0.15, 0.2) is 0 Å². The molecule has 0 bridgehead atoms. The zero-order valence-corrected chi connectivity index (χ0v) is 12.8. The van der Waals surface area contributed by atoms with Crippen LogP contribution in [0.3, 0.4) is 0 Å². The minimum absolute atomic E-state index is 0.131. The SMILES string of the molecule is OC(C[C@H](O)C1CCC(F)(F)CC1)c1sccc1Br. The van der Waals surface area contributed by atoms with Gasteiger partial charge in [-0.25, -0.2) is 8.78 Å². The number of thiophene rings is 1. The smallest absolute Gasteiger partial charge is 0.248 e. The Balaban J connectivity index is 1.88. The van der Waals surface area contributed by atoms with Crippen LogP contribution in [0.2, 0.25) is 0 Å². The first-order valence-electron chi connectivity index (χ1n) is 6.36. The topological polar surface area (TPSA) is 40.5 Å². The normalized spacial score (nSPS) is 23.2. The van der Waals surface area contributed by atoms with Crippen molar-refractivity contribution in [3.05, 3.63) is 20.8 Å². The van der Waals surface area contributed by atoms with Crippen LogP contribution in [0, 0.1) is 5.92 Å². The molecule has 1 heterocycles. The van der Waals surface area contributed by atoms with Gasteiger partial charge in [-0.3, -0.25) is 0 Å². The summed E-state index contributed by atoms with van der Waals surface area (Å²) in [4.78, 5) is 0.778. The van der Waals surface area contributed by atoms with E-state index >= 15 is 0 Å². The van der Waals surface area contributed by atoms with Gasteiger partial charge in [0.25, 0.3) is 0 Å². The molecular weight excluding hydrogens is 338 g/mol. The second-order valence-corrected chi connectivity index (χ2v) is 6.95. The van der Waals surface area contributed by atoms with E-state index in [1.54, 1.807) is 0 Å². The standard InChI is InChI=1S/C13H17BrF2O2S/c14-9-3-6-19-12(9)11(18)7-10(17)8-1-4-13(15,16)5-2-8/h3,6,8,10-11,17-18H,1-2,4-5,7H2/t10-,11?/m0/s1. The fraction of sp³-hybridized carbons (Fsp3) is 0.692. The summed E-state index contributed by atoms with van der Waals surface area (Å²) in [5.74, 6) is -2.71. The Hall–Kier alpha value is -0.0400. The molecule has 2 nitrogen and oxygen atoms in total. The number of aliphatic hydroxyl groups excluding tert-OH is 2. The van der Waals surface area contributed by atoms with E-state index in [-0.39, 0.29) is 25.2 Å². The Morgan fingerprint density at radius 1 is 1.37 bits per heavy atom. The predicted molar refractivity (Wildman–Crippen MR) is 74.5 cm³/mol. The van der Waals surface area contributed by atoms with Gasteiger partial charge in [0.1, 0.15) is 0 Å². The molecule has 1 aliphatic rings. The van der Waals surface area contributed by atoms with Crippen molar-refractivity contribution in [2.45, 2.75) is 50.2 Å². The van der Waals surface area contributed by atoms with Crippen molar-refractivity contribution < 1.29 is 19.0 Å². The molecule has 6 heteroatoms. The van der Waals surface area contributed by atoms with Gasteiger partial charge in [-0.05, 0) is 46.1 Å². The summed E-state index contributed by atoms with van der Waals surface area (Å²) in [6.07, 6.45) is -0.929. The number of aliphatic hydroxyl groups is 2. The van der Waals surface area contributed by atoms with Gasteiger partial charge in [0.2, 0.25) is 5.92 Å². The highest BCUT2D eigenvalue weighted by Crippen LogP contribution is 2.40. The molecule has 1 saturated carbocycles. The third kappa shape index (κ3) is 3.97. The fourth-order valence-electron chi connectivity index (χ4n) is 2.52. The van der Waals surface area contributed by atoms with Crippen molar-refractivity contribution in [3.8, 4) is 0 Å². The van der Waals surface area contributed by atoms with Crippen molar-refractivity contribution in [1.29, 1.82) is 0 Å². The number of rotatable bonds is 4. The summed E-state index contributed by atoms with van der Waals surface area (Å²) >= 11 is 4.76. The Morgan fingerprint density at radius 3 is 2.53 bits per heavy atom. The second-order valence-electron chi connectivity index (χ2n) is 5.15. The van der Waals surface area contributed by atoms with E-state index in [4.69, 9.17) is 0 Å². The van der Waals surface area contributed by atoms with E-state index < -0.39 is 18.1 Å². The zero-order chi connectivity index (χ0) is 14.0. The van der Waals surface area contributed by atoms with Crippen LogP contribution in [0.1, 0.15) is 43.1 Å². The van der Waals surface area contributed by atoms with Crippen molar-refractivity contribution >= 4 is 27.3 Å². The van der Waals surface area contributed by atoms with E-state index in [0.717, 1.165) is 9.35 Å². The first-order chi connectivity index (χ1) is 8.89. The highest BCUT2D eigenvalue weighted by molar-refractivity contribution is 9.10. The van der Waals surface area contributed by atoms with Crippen molar-refractivity contribution in [3.63, 3.8) is 0 Å². The van der Waals surface area contributed by atoms with E-state index in [0.29, 0.717) is 12.8 Å². The monoisotopic (exact) mass is 354 g/mol. The van der Waals surface area contributed by atoms with E-state index in [2.05, 4.69) is 15.9 Å². The Morgan fingerprint density at radius 2 is 2.00 bits per heavy atom. The molecule has 0 aliphatic heterocycles. The van der Waals surface area contributed by atoms with Crippen molar-refractivity contribution in [2.75, 3.05) is 0 Å². The minimum atomic E-state index is -2.58. The maximum absolute atomic E-state index is 13.0. The molecule has 2 rings (SSSR count). The average molecular weight is 355 g/mol. The first-order valence-corrected chi connectivity index (χ1v) is 8.03. The molecule has 1 fully saturated rings. The number of alkyl halides is 2. The van der Waals surface area contributed by atoms with Crippen LogP contribution in [0.5, 0.6) is 0 Å². The molecule has 1 aliphatic carbocycles. The molecule has 0 radical (unpaired) electrons. The van der Waals surface area contributed by atoms with E-state index in [9.17, 15) is 19.0 Å². The van der Waals surface area contributed by atoms with Gasteiger partial charge in [-0.1, -0.05) is 0 Å². The summed E-state index contributed by atoms with van der Waals surface area (Å²) in [6, 6.07) is 1.84. The second kappa shape index (κ2) is 6.16. The summed E-state index contributed by atoms with van der Waals surface area (Å²) < 4.78 is 26.9. The lowest BCUT2D eigenvalue weighted by Crippen LogP contribution is -2.31. The number of halogens is 3. The molecule has 1 unspecified atom stereocenters. The van der Waals surface area contributed by atoms with Crippen LogP contribution < -0.4 is 0 Å². The van der Waals surface area contributed by atoms with Crippen LogP contribution in [-0.4, -0.2) is 22.2 Å². The molecule has 0 amide bonds. The summed E-state index contributed by atoms with van der Waals surface area (Å²) in [7, 11) is 0. The van der Waals surface area contributed by atoms with Crippen LogP contribution in [0.15, 0.2) is 15.9 Å². The van der Waals surface area contributed by atoms with Crippen LogP contribution in [0.25, 0.3) is 0 Å². The molecule has 2 N–H and O–H groups in total. The molecule has 0 saturated heterocycles. The Bertz CT molecular complexity index is 415. The lowest BCUT2D eigenvalue weighted by molar-refractivity contribution is -0.0673. The molecule has 2 atom stereocenters. The van der Waals surface area contributed by atoms with Gasteiger partial charge in [-0.2, -0.15) is 0 Å². The maximum atomic E-state index is 13.0. The fourth-order valence-corrected chi connectivity index (χ4v) is 4.16. The van der Waals surface area contributed by atoms with Gasteiger partial charge >= 0.3 is 0 Å². The molecule has 0 aromatic carbocycles. The Kier molecular flexibility index (Phi) is 4.98. The van der Waals surface area contributed by atoms with Crippen LogP contribution >= 0.6 is 27.3 Å². The summed E-state index contributed by atoms with van der Waals surface area (Å²) in [5.41, 5.74) is 0. The Labute approximate surface area is 123 Å².